The third-order valence-corrected chi connectivity index (χ3v) is 3.44. The van der Waals surface area contributed by atoms with E-state index in [1.165, 1.54) is 19.3 Å². The number of nitrogens with zero attached hydrogens (tertiary/aromatic N) is 1. The van der Waals surface area contributed by atoms with E-state index in [0.29, 0.717) is 18.5 Å². The number of piperidine rings is 1. The minimum absolute atomic E-state index is 0.396. The van der Waals surface area contributed by atoms with Gasteiger partial charge in [-0.15, -0.1) is 0 Å². The molecule has 0 aliphatic carbocycles. The van der Waals surface area contributed by atoms with Crippen molar-refractivity contribution in [3.05, 3.63) is 0 Å². The SMILES string of the molecule is C[C@@H]1CCC[C@H](C)N1CCC(N)C(N)=O. The summed E-state index contributed by atoms with van der Waals surface area (Å²) in [6, 6.07) is 0.717. The third kappa shape index (κ3) is 3.47. The average Bonchev–Trinajstić information content (AvgIpc) is 2.16. The van der Waals surface area contributed by atoms with E-state index in [1.807, 2.05) is 0 Å². The standard InChI is InChI=1S/C11H23N3O/c1-8-4-3-5-9(2)14(8)7-6-10(12)11(13)15/h8-10H,3-7,12H2,1-2H3,(H2,13,15)/t8-,9+,10?. The predicted octanol–water partition coefficient (Wildman–Crippen LogP) is 0.452. The van der Waals surface area contributed by atoms with Gasteiger partial charge >= 0.3 is 0 Å². The molecule has 1 aliphatic rings. The van der Waals surface area contributed by atoms with Crippen LogP contribution in [0.4, 0.5) is 0 Å². The van der Waals surface area contributed by atoms with Crippen LogP contribution in [0.5, 0.6) is 0 Å². The molecule has 1 saturated heterocycles. The van der Waals surface area contributed by atoms with Crippen LogP contribution >= 0.6 is 0 Å². The van der Waals surface area contributed by atoms with Gasteiger partial charge in [-0.1, -0.05) is 6.42 Å². The number of carbonyl (C=O) groups is 1. The molecule has 0 saturated carbocycles. The lowest BCUT2D eigenvalue weighted by molar-refractivity contribution is -0.119. The smallest absolute Gasteiger partial charge is 0.234 e. The van der Waals surface area contributed by atoms with Crippen molar-refractivity contribution in [2.75, 3.05) is 6.54 Å². The first kappa shape index (κ1) is 12.5. The Kier molecular flexibility index (Phi) is 4.54. The second-order valence-electron chi connectivity index (χ2n) is 4.66. The third-order valence-electron chi connectivity index (χ3n) is 3.44. The summed E-state index contributed by atoms with van der Waals surface area (Å²) >= 11 is 0. The highest BCUT2D eigenvalue weighted by Gasteiger charge is 2.25. The molecule has 0 aromatic rings. The molecule has 0 radical (unpaired) electrons. The number of hydrogen-bond acceptors (Lipinski definition) is 3. The number of likely N-dealkylation sites (tertiary alicyclic amines) is 1. The van der Waals surface area contributed by atoms with Crippen LogP contribution in [0.3, 0.4) is 0 Å². The summed E-state index contributed by atoms with van der Waals surface area (Å²) < 4.78 is 0. The molecule has 4 heteroatoms. The molecule has 1 unspecified atom stereocenters. The van der Waals surface area contributed by atoms with Crippen molar-refractivity contribution < 1.29 is 4.79 Å². The van der Waals surface area contributed by atoms with Crippen molar-refractivity contribution in [3.8, 4) is 0 Å². The van der Waals surface area contributed by atoms with Crippen LogP contribution in [-0.4, -0.2) is 35.5 Å². The first-order valence-electron chi connectivity index (χ1n) is 5.83. The number of rotatable bonds is 4. The van der Waals surface area contributed by atoms with Gasteiger partial charge < -0.3 is 11.5 Å². The Labute approximate surface area is 92.0 Å². The van der Waals surface area contributed by atoms with E-state index in [9.17, 15) is 4.79 Å². The monoisotopic (exact) mass is 213 g/mol. The average molecular weight is 213 g/mol. The second kappa shape index (κ2) is 5.47. The molecular formula is C11H23N3O. The summed E-state index contributed by atoms with van der Waals surface area (Å²) in [6.45, 7) is 5.36. The Hall–Kier alpha value is -0.610. The molecule has 3 atom stereocenters. The fraction of sp³-hybridized carbons (Fsp3) is 0.909. The summed E-state index contributed by atoms with van der Waals surface area (Å²) in [6.07, 6.45) is 4.47. The Morgan fingerprint density at radius 2 is 1.93 bits per heavy atom. The minimum atomic E-state index is -0.494. The number of primary amides is 1. The summed E-state index contributed by atoms with van der Waals surface area (Å²) in [4.78, 5) is 13.3. The molecular weight excluding hydrogens is 190 g/mol. The van der Waals surface area contributed by atoms with Crippen LogP contribution in [0, 0.1) is 0 Å². The van der Waals surface area contributed by atoms with Gasteiger partial charge in [0.2, 0.25) is 5.91 Å². The van der Waals surface area contributed by atoms with E-state index in [2.05, 4.69) is 18.7 Å². The largest absolute Gasteiger partial charge is 0.368 e. The summed E-state index contributed by atoms with van der Waals surface area (Å²) in [5.41, 5.74) is 10.8. The molecule has 1 aliphatic heterocycles. The zero-order valence-corrected chi connectivity index (χ0v) is 9.78. The highest BCUT2D eigenvalue weighted by molar-refractivity contribution is 5.79. The quantitative estimate of drug-likeness (QED) is 0.712. The van der Waals surface area contributed by atoms with Gasteiger partial charge in [-0.25, -0.2) is 0 Å². The summed E-state index contributed by atoms with van der Waals surface area (Å²) in [5, 5.41) is 0. The van der Waals surface area contributed by atoms with Crippen LogP contribution in [0.15, 0.2) is 0 Å². The van der Waals surface area contributed by atoms with Gasteiger partial charge in [-0.05, 0) is 33.1 Å². The Balaban J connectivity index is 2.38. The molecule has 15 heavy (non-hydrogen) atoms. The van der Waals surface area contributed by atoms with Crippen LogP contribution in [-0.2, 0) is 4.79 Å². The molecule has 88 valence electrons. The Bertz CT molecular complexity index is 210. The van der Waals surface area contributed by atoms with Gasteiger partial charge in [0.1, 0.15) is 0 Å². The molecule has 1 heterocycles. The van der Waals surface area contributed by atoms with Gasteiger partial charge in [-0.2, -0.15) is 0 Å². The van der Waals surface area contributed by atoms with E-state index in [0.717, 1.165) is 6.54 Å². The van der Waals surface area contributed by atoms with Crippen LogP contribution in [0.1, 0.15) is 39.5 Å². The molecule has 1 amide bonds. The van der Waals surface area contributed by atoms with E-state index in [-0.39, 0.29) is 0 Å². The molecule has 1 rings (SSSR count). The van der Waals surface area contributed by atoms with Gasteiger partial charge in [0.05, 0.1) is 6.04 Å². The molecule has 1 fully saturated rings. The van der Waals surface area contributed by atoms with Crippen molar-refractivity contribution >= 4 is 5.91 Å². The fourth-order valence-electron chi connectivity index (χ4n) is 2.35. The molecule has 0 bridgehead atoms. The van der Waals surface area contributed by atoms with Crippen LogP contribution < -0.4 is 11.5 Å². The van der Waals surface area contributed by atoms with Crippen molar-refractivity contribution in [3.63, 3.8) is 0 Å². The van der Waals surface area contributed by atoms with Crippen LogP contribution in [0.2, 0.25) is 0 Å². The van der Waals surface area contributed by atoms with Gasteiger partial charge in [0.25, 0.3) is 0 Å². The second-order valence-corrected chi connectivity index (χ2v) is 4.66. The fourth-order valence-corrected chi connectivity index (χ4v) is 2.35. The first-order chi connectivity index (χ1) is 7.02. The lowest BCUT2D eigenvalue weighted by Crippen LogP contribution is -2.47. The van der Waals surface area contributed by atoms with Crippen LogP contribution in [0.25, 0.3) is 0 Å². The number of carbonyl (C=O) groups excluding carboxylic acids is 1. The topological polar surface area (TPSA) is 72.3 Å². The predicted molar refractivity (Wildman–Crippen MR) is 61.3 cm³/mol. The highest BCUT2D eigenvalue weighted by Crippen LogP contribution is 2.22. The van der Waals surface area contributed by atoms with Crippen molar-refractivity contribution in [2.24, 2.45) is 11.5 Å². The van der Waals surface area contributed by atoms with Crippen molar-refractivity contribution in [2.45, 2.75) is 57.7 Å². The number of nitrogens with two attached hydrogens (primary N) is 2. The van der Waals surface area contributed by atoms with E-state index < -0.39 is 11.9 Å². The maximum atomic E-state index is 10.8. The normalized spacial score (nSPS) is 30.1. The Morgan fingerprint density at radius 3 is 2.40 bits per heavy atom. The molecule has 0 spiro atoms. The number of hydrogen-bond donors (Lipinski definition) is 2. The van der Waals surface area contributed by atoms with Crippen molar-refractivity contribution in [1.29, 1.82) is 0 Å². The van der Waals surface area contributed by atoms with Gasteiger partial charge in [0, 0.05) is 18.6 Å². The zero-order chi connectivity index (χ0) is 11.4. The summed E-state index contributed by atoms with van der Waals surface area (Å²) in [7, 11) is 0. The molecule has 0 aromatic heterocycles. The summed E-state index contributed by atoms with van der Waals surface area (Å²) in [5.74, 6) is -0.396. The number of amides is 1. The minimum Gasteiger partial charge on any atom is -0.368 e. The van der Waals surface area contributed by atoms with Crippen molar-refractivity contribution in [1.82, 2.24) is 4.90 Å². The zero-order valence-electron chi connectivity index (χ0n) is 9.78. The van der Waals surface area contributed by atoms with Gasteiger partial charge in [0.15, 0.2) is 0 Å². The molecule has 4 N–H and O–H groups in total. The lowest BCUT2D eigenvalue weighted by Gasteiger charge is -2.39. The first-order valence-corrected chi connectivity index (χ1v) is 5.83. The molecule has 4 nitrogen and oxygen atoms in total. The van der Waals surface area contributed by atoms with E-state index in [4.69, 9.17) is 11.5 Å². The maximum Gasteiger partial charge on any atom is 0.234 e. The van der Waals surface area contributed by atoms with E-state index in [1.54, 1.807) is 0 Å². The highest BCUT2D eigenvalue weighted by atomic mass is 16.1. The van der Waals surface area contributed by atoms with Gasteiger partial charge in [-0.3, -0.25) is 9.69 Å². The lowest BCUT2D eigenvalue weighted by atomic mass is 9.97. The van der Waals surface area contributed by atoms with E-state index >= 15 is 0 Å². The maximum absolute atomic E-state index is 10.8. The Morgan fingerprint density at radius 1 is 1.40 bits per heavy atom. The molecule has 0 aromatic carbocycles.